The van der Waals surface area contributed by atoms with E-state index in [2.05, 4.69) is 38.1 Å². The average molecular weight is 290 g/mol. The van der Waals surface area contributed by atoms with Crippen molar-refractivity contribution >= 4 is 13.2 Å². The molecule has 0 radical (unpaired) electrons. The summed E-state index contributed by atoms with van der Waals surface area (Å²) in [5, 5.41) is 1.67. The lowest BCUT2D eigenvalue weighted by Gasteiger charge is -2.31. The largest absolute Gasteiger partial charge is 0.0721 e. The molecule has 1 atom stereocenters. The van der Waals surface area contributed by atoms with Gasteiger partial charge in [-0.25, -0.2) is 0 Å². The summed E-state index contributed by atoms with van der Waals surface area (Å²) < 4.78 is 0. The molecule has 0 saturated heterocycles. The van der Waals surface area contributed by atoms with Crippen molar-refractivity contribution in [3.05, 3.63) is 29.8 Å². The van der Waals surface area contributed by atoms with Crippen molar-refractivity contribution in [2.75, 3.05) is 6.16 Å². The van der Waals surface area contributed by atoms with E-state index in [1.165, 1.54) is 69.5 Å². The second-order valence-electron chi connectivity index (χ2n) is 6.38. The number of unbranched alkanes of at least 4 members (excludes halogenated alkanes) is 3. The van der Waals surface area contributed by atoms with Crippen molar-refractivity contribution in [3.8, 4) is 0 Å². The molecular weight excluding hydrogens is 259 g/mol. The summed E-state index contributed by atoms with van der Waals surface area (Å²) in [6, 6.07) is 9.49. The first kappa shape index (κ1) is 16.0. The highest BCUT2D eigenvalue weighted by Crippen LogP contribution is 2.47. The van der Waals surface area contributed by atoms with Crippen LogP contribution in [0.3, 0.4) is 0 Å². The summed E-state index contributed by atoms with van der Waals surface area (Å²) in [4.78, 5) is 0. The maximum absolute atomic E-state index is 2.43. The van der Waals surface area contributed by atoms with E-state index in [9.17, 15) is 0 Å². The third-order valence-corrected chi connectivity index (χ3v) is 7.79. The maximum atomic E-state index is 2.43. The quantitative estimate of drug-likeness (QED) is 0.426. The first-order valence-electron chi connectivity index (χ1n) is 8.64. The van der Waals surface area contributed by atoms with Crippen LogP contribution in [0.1, 0.15) is 70.3 Å². The normalized spacial score (nSPS) is 18.1. The topological polar surface area (TPSA) is 0 Å². The van der Waals surface area contributed by atoms with Crippen LogP contribution >= 0.6 is 7.92 Å². The summed E-state index contributed by atoms with van der Waals surface area (Å²) >= 11 is 0. The Morgan fingerprint density at radius 1 is 0.950 bits per heavy atom. The van der Waals surface area contributed by atoms with Crippen molar-refractivity contribution < 1.29 is 0 Å². The molecule has 1 heteroatoms. The Balaban J connectivity index is 2.00. The SMILES string of the molecule is CCCCCCP(c1ccc(C)cc1)C1CCCCC1. The van der Waals surface area contributed by atoms with Crippen LogP contribution < -0.4 is 5.30 Å². The molecular formula is C19H31P. The molecule has 1 fully saturated rings. The molecule has 0 spiro atoms. The Morgan fingerprint density at radius 3 is 2.30 bits per heavy atom. The van der Waals surface area contributed by atoms with Crippen molar-refractivity contribution in [2.45, 2.75) is 77.3 Å². The van der Waals surface area contributed by atoms with Crippen molar-refractivity contribution in [2.24, 2.45) is 0 Å². The van der Waals surface area contributed by atoms with Gasteiger partial charge < -0.3 is 0 Å². The number of aryl methyl sites for hydroxylation is 1. The van der Waals surface area contributed by atoms with Gasteiger partial charge in [0.15, 0.2) is 0 Å². The van der Waals surface area contributed by atoms with Crippen LogP contribution in [0.25, 0.3) is 0 Å². The van der Waals surface area contributed by atoms with E-state index in [1.807, 2.05) is 0 Å². The zero-order valence-corrected chi connectivity index (χ0v) is 14.3. The molecule has 1 aliphatic rings. The van der Waals surface area contributed by atoms with Crippen molar-refractivity contribution in [3.63, 3.8) is 0 Å². The minimum Gasteiger partial charge on any atom is -0.0721 e. The fraction of sp³-hybridized carbons (Fsp3) is 0.684. The van der Waals surface area contributed by atoms with Gasteiger partial charge in [0, 0.05) is 0 Å². The zero-order valence-electron chi connectivity index (χ0n) is 13.4. The Bertz CT molecular complexity index is 362. The lowest BCUT2D eigenvalue weighted by atomic mass is 10.0. The highest BCUT2D eigenvalue weighted by atomic mass is 31.1. The lowest BCUT2D eigenvalue weighted by molar-refractivity contribution is 0.511. The molecule has 2 rings (SSSR count). The monoisotopic (exact) mass is 290 g/mol. The molecule has 1 aliphatic carbocycles. The molecule has 0 heterocycles. The fourth-order valence-electron chi connectivity index (χ4n) is 3.36. The summed E-state index contributed by atoms with van der Waals surface area (Å²) in [5.41, 5.74) is 2.42. The minimum absolute atomic E-state index is 0.0971. The van der Waals surface area contributed by atoms with Gasteiger partial charge >= 0.3 is 0 Å². The molecule has 1 unspecified atom stereocenters. The first-order valence-corrected chi connectivity index (χ1v) is 10.2. The average Bonchev–Trinajstić information content (AvgIpc) is 2.50. The Labute approximate surface area is 127 Å². The Hall–Kier alpha value is -0.350. The second-order valence-corrected chi connectivity index (χ2v) is 9.01. The van der Waals surface area contributed by atoms with Crippen molar-refractivity contribution in [1.82, 2.24) is 0 Å². The molecule has 20 heavy (non-hydrogen) atoms. The summed E-state index contributed by atoms with van der Waals surface area (Å²) in [6.07, 6.45) is 14.5. The van der Waals surface area contributed by atoms with Gasteiger partial charge in [0.05, 0.1) is 0 Å². The van der Waals surface area contributed by atoms with Crippen LogP contribution in [-0.4, -0.2) is 11.8 Å². The van der Waals surface area contributed by atoms with E-state index in [1.54, 1.807) is 5.30 Å². The van der Waals surface area contributed by atoms with E-state index < -0.39 is 0 Å². The molecule has 0 bridgehead atoms. The predicted octanol–water partition coefficient (Wildman–Crippen LogP) is 6.02. The van der Waals surface area contributed by atoms with Crippen LogP contribution in [0.5, 0.6) is 0 Å². The maximum Gasteiger partial charge on any atom is -0.0169 e. The summed E-state index contributed by atoms with van der Waals surface area (Å²) in [5.74, 6) is 0. The first-order chi connectivity index (χ1) is 9.81. The minimum atomic E-state index is 0.0971. The third-order valence-electron chi connectivity index (χ3n) is 4.63. The van der Waals surface area contributed by atoms with Crippen LogP contribution in [0.4, 0.5) is 0 Å². The van der Waals surface area contributed by atoms with Gasteiger partial charge in [-0.1, -0.05) is 83.2 Å². The van der Waals surface area contributed by atoms with E-state index >= 15 is 0 Å². The van der Waals surface area contributed by atoms with Crippen LogP contribution in [0.15, 0.2) is 24.3 Å². The molecule has 112 valence electrons. The van der Waals surface area contributed by atoms with Gasteiger partial charge in [-0.05, 0) is 43.3 Å². The van der Waals surface area contributed by atoms with Gasteiger partial charge in [-0.2, -0.15) is 0 Å². The van der Waals surface area contributed by atoms with Crippen LogP contribution in [0.2, 0.25) is 0 Å². The molecule has 0 amide bonds. The molecule has 0 aliphatic heterocycles. The van der Waals surface area contributed by atoms with E-state index in [0.29, 0.717) is 0 Å². The van der Waals surface area contributed by atoms with Crippen LogP contribution in [-0.2, 0) is 0 Å². The number of rotatable bonds is 7. The third kappa shape index (κ3) is 4.88. The molecule has 0 aromatic heterocycles. The highest BCUT2D eigenvalue weighted by molar-refractivity contribution is 7.66. The zero-order chi connectivity index (χ0) is 14.2. The van der Waals surface area contributed by atoms with Gasteiger partial charge in [-0.3, -0.25) is 0 Å². The number of hydrogen-bond acceptors (Lipinski definition) is 0. The van der Waals surface area contributed by atoms with E-state index in [4.69, 9.17) is 0 Å². The smallest absolute Gasteiger partial charge is 0.0169 e. The molecule has 0 N–H and O–H groups in total. The van der Waals surface area contributed by atoms with Gasteiger partial charge in [0.25, 0.3) is 0 Å². The number of benzene rings is 1. The Morgan fingerprint density at radius 2 is 1.65 bits per heavy atom. The second kappa shape index (κ2) is 8.83. The Kier molecular flexibility index (Phi) is 7.08. The van der Waals surface area contributed by atoms with Gasteiger partial charge in [0.2, 0.25) is 0 Å². The van der Waals surface area contributed by atoms with Gasteiger partial charge in [-0.15, -0.1) is 0 Å². The molecule has 1 aromatic rings. The van der Waals surface area contributed by atoms with Gasteiger partial charge in [0.1, 0.15) is 0 Å². The summed E-state index contributed by atoms with van der Waals surface area (Å²) in [7, 11) is 0.0971. The molecule has 1 aromatic carbocycles. The highest BCUT2D eigenvalue weighted by Gasteiger charge is 2.24. The number of hydrogen-bond donors (Lipinski definition) is 0. The van der Waals surface area contributed by atoms with E-state index in [-0.39, 0.29) is 7.92 Å². The summed E-state index contributed by atoms with van der Waals surface area (Å²) in [6.45, 7) is 4.51. The van der Waals surface area contributed by atoms with E-state index in [0.717, 1.165) is 5.66 Å². The predicted molar refractivity (Wildman–Crippen MR) is 93.6 cm³/mol. The molecule has 1 saturated carbocycles. The molecule has 0 nitrogen and oxygen atoms in total. The standard InChI is InChI=1S/C19H31P/c1-3-4-5-9-16-20(18-10-7-6-8-11-18)19-14-12-17(2)13-15-19/h12-15,18H,3-11,16H2,1-2H3. The lowest BCUT2D eigenvalue weighted by Crippen LogP contribution is -2.19. The van der Waals surface area contributed by atoms with Crippen molar-refractivity contribution in [1.29, 1.82) is 0 Å². The fourth-order valence-corrected chi connectivity index (χ4v) is 6.49. The van der Waals surface area contributed by atoms with Crippen LogP contribution in [0, 0.1) is 6.92 Å².